The van der Waals surface area contributed by atoms with Crippen LogP contribution in [0.15, 0.2) is 0 Å². The quantitative estimate of drug-likeness (QED) is 0.723. The minimum atomic E-state index is 0. The van der Waals surface area contributed by atoms with Crippen molar-refractivity contribution >= 4 is 11.3 Å². The molecule has 0 unspecified atom stereocenters. The molecular formula is C7H10NSW-. The van der Waals surface area contributed by atoms with E-state index in [1.807, 2.05) is 6.92 Å². The van der Waals surface area contributed by atoms with Gasteiger partial charge in [0.1, 0.15) is 0 Å². The third-order valence-electron chi connectivity index (χ3n) is 1.13. The number of hydrogen-bond donors (Lipinski definition) is 0. The number of aryl methyl sites for hydroxylation is 1. The molecule has 0 atom stereocenters. The fourth-order valence-corrected chi connectivity index (χ4v) is 1.27. The molecule has 1 rings (SSSR count). The minimum absolute atomic E-state index is 0. The van der Waals surface area contributed by atoms with E-state index in [9.17, 15) is 0 Å². The monoisotopic (exact) mass is 324 g/mol. The first-order chi connectivity index (χ1) is 4.20. The summed E-state index contributed by atoms with van der Waals surface area (Å²) in [5.41, 5.74) is 1.09. The van der Waals surface area contributed by atoms with Crippen molar-refractivity contribution < 1.29 is 21.1 Å². The van der Waals surface area contributed by atoms with Crippen LogP contribution in [0.1, 0.15) is 30.5 Å². The number of rotatable bonds is 1. The van der Waals surface area contributed by atoms with Gasteiger partial charge in [-0.05, 0) is 5.92 Å². The van der Waals surface area contributed by atoms with Gasteiger partial charge in [0.15, 0.2) is 0 Å². The van der Waals surface area contributed by atoms with Gasteiger partial charge in [-0.3, -0.25) is 0 Å². The van der Waals surface area contributed by atoms with Crippen LogP contribution in [-0.4, -0.2) is 4.98 Å². The van der Waals surface area contributed by atoms with Gasteiger partial charge in [-0.1, -0.05) is 31.5 Å². The van der Waals surface area contributed by atoms with Gasteiger partial charge < -0.3 is 16.3 Å². The van der Waals surface area contributed by atoms with E-state index < -0.39 is 0 Å². The Kier molecular flexibility index (Phi) is 4.38. The summed E-state index contributed by atoms with van der Waals surface area (Å²) >= 11 is 1.60. The van der Waals surface area contributed by atoms with E-state index in [0.29, 0.717) is 5.92 Å². The Morgan fingerprint density at radius 3 is 2.30 bits per heavy atom. The second-order valence-corrected chi connectivity index (χ2v) is 3.37. The predicted octanol–water partition coefficient (Wildman–Crippen LogP) is 2.37. The Morgan fingerprint density at radius 2 is 2.10 bits per heavy atom. The Hall–Kier alpha value is 0.318. The summed E-state index contributed by atoms with van der Waals surface area (Å²) in [6.45, 7) is 6.27. The fourth-order valence-electron chi connectivity index (χ4n) is 0.588. The maximum Gasteiger partial charge on any atom is 0 e. The normalized spacial score (nSPS) is 9.60. The maximum atomic E-state index is 4.27. The zero-order chi connectivity index (χ0) is 6.85. The molecule has 0 N–H and O–H groups in total. The molecule has 0 radical (unpaired) electrons. The van der Waals surface area contributed by atoms with E-state index in [1.54, 1.807) is 11.3 Å². The van der Waals surface area contributed by atoms with Crippen molar-refractivity contribution in [3.05, 3.63) is 16.1 Å². The summed E-state index contributed by atoms with van der Waals surface area (Å²) in [5.74, 6) is 0.523. The van der Waals surface area contributed by atoms with E-state index in [0.717, 1.165) is 10.7 Å². The van der Waals surface area contributed by atoms with Gasteiger partial charge in [0, 0.05) is 21.1 Å². The standard InChI is InChI=1S/C7H10NS.W/c1-5(2)7-4-9-6(3)8-7;/h5H,1-3H3;/q-1;. The molecule has 0 spiro atoms. The first-order valence-corrected chi connectivity index (χ1v) is 3.87. The summed E-state index contributed by atoms with van der Waals surface area (Å²) in [5, 5.41) is 4.25. The molecule has 0 fully saturated rings. The van der Waals surface area contributed by atoms with Crippen LogP contribution in [-0.2, 0) is 21.1 Å². The van der Waals surface area contributed by atoms with E-state index in [4.69, 9.17) is 0 Å². The molecule has 3 heteroatoms. The molecule has 0 saturated carbocycles. The molecule has 1 heterocycles. The van der Waals surface area contributed by atoms with Crippen molar-refractivity contribution in [2.24, 2.45) is 0 Å². The first kappa shape index (κ1) is 10.3. The SMILES string of the molecule is Cc1nc(C(C)C)[c-]s1.[W]. The molecule has 0 saturated heterocycles. The Balaban J connectivity index is 0.000000810. The molecule has 0 aromatic carbocycles. The summed E-state index contributed by atoms with van der Waals surface area (Å²) in [7, 11) is 0. The van der Waals surface area contributed by atoms with Gasteiger partial charge in [-0.15, -0.1) is 0 Å². The molecular weight excluding hydrogens is 314 g/mol. The summed E-state index contributed by atoms with van der Waals surface area (Å²) < 4.78 is 0. The zero-order valence-electron chi connectivity index (χ0n) is 6.34. The van der Waals surface area contributed by atoms with Crippen LogP contribution in [0.2, 0.25) is 0 Å². The summed E-state index contributed by atoms with van der Waals surface area (Å²) in [6.07, 6.45) is 0. The number of aromatic nitrogens is 1. The smallest absolute Gasteiger partial charge is 0 e. The van der Waals surface area contributed by atoms with Gasteiger partial charge in [0.2, 0.25) is 0 Å². The third-order valence-corrected chi connectivity index (χ3v) is 1.83. The Labute approximate surface area is 80.1 Å². The van der Waals surface area contributed by atoms with Gasteiger partial charge in [-0.2, -0.15) is 5.38 Å². The van der Waals surface area contributed by atoms with E-state index in [1.165, 1.54) is 0 Å². The topological polar surface area (TPSA) is 12.9 Å². The molecule has 0 aliphatic heterocycles. The van der Waals surface area contributed by atoms with Crippen molar-refractivity contribution in [1.82, 2.24) is 4.98 Å². The molecule has 0 amide bonds. The van der Waals surface area contributed by atoms with Crippen LogP contribution < -0.4 is 0 Å². The largest absolute Gasteiger partial charge is 0.361 e. The zero-order valence-corrected chi connectivity index (χ0v) is 10.1. The van der Waals surface area contributed by atoms with Crippen LogP contribution in [0.3, 0.4) is 0 Å². The van der Waals surface area contributed by atoms with Crippen LogP contribution in [0.5, 0.6) is 0 Å². The van der Waals surface area contributed by atoms with E-state index in [-0.39, 0.29) is 21.1 Å². The molecule has 1 aromatic rings. The van der Waals surface area contributed by atoms with Crippen LogP contribution in [0.25, 0.3) is 0 Å². The van der Waals surface area contributed by atoms with Crippen molar-refractivity contribution in [2.45, 2.75) is 26.7 Å². The third kappa shape index (κ3) is 2.51. The van der Waals surface area contributed by atoms with Crippen molar-refractivity contribution in [3.63, 3.8) is 0 Å². The van der Waals surface area contributed by atoms with Crippen LogP contribution in [0.4, 0.5) is 0 Å². The Bertz CT molecular complexity index is 195. The summed E-state index contributed by atoms with van der Waals surface area (Å²) in [4.78, 5) is 4.27. The van der Waals surface area contributed by atoms with Gasteiger partial charge >= 0.3 is 0 Å². The van der Waals surface area contributed by atoms with E-state index >= 15 is 0 Å². The number of thiazole rings is 1. The number of hydrogen-bond acceptors (Lipinski definition) is 2. The molecule has 1 aromatic heterocycles. The fraction of sp³-hybridized carbons (Fsp3) is 0.571. The van der Waals surface area contributed by atoms with Crippen molar-refractivity contribution in [2.75, 3.05) is 0 Å². The minimum Gasteiger partial charge on any atom is -0.361 e. The molecule has 0 bridgehead atoms. The molecule has 1 nitrogen and oxygen atoms in total. The molecule has 56 valence electrons. The van der Waals surface area contributed by atoms with E-state index in [2.05, 4.69) is 24.2 Å². The van der Waals surface area contributed by atoms with Gasteiger partial charge in [0.05, 0.1) is 0 Å². The molecule has 10 heavy (non-hydrogen) atoms. The first-order valence-electron chi connectivity index (χ1n) is 3.05. The number of nitrogens with zero attached hydrogens (tertiary/aromatic N) is 1. The van der Waals surface area contributed by atoms with Crippen LogP contribution in [0, 0.1) is 12.3 Å². The average Bonchev–Trinajstić information content (AvgIpc) is 2.14. The summed E-state index contributed by atoms with van der Waals surface area (Å²) in [6, 6.07) is 0. The van der Waals surface area contributed by atoms with Crippen LogP contribution >= 0.6 is 11.3 Å². The molecule has 0 aliphatic rings. The predicted molar refractivity (Wildman–Crippen MR) is 39.8 cm³/mol. The van der Waals surface area contributed by atoms with Crippen molar-refractivity contribution in [1.29, 1.82) is 0 Å². The second kappa shape index (κ2) is 4.25. The van der Waals surface area contributed by atoms with Crippen molar-refractivity contribution in [3.8, 4) is 0 Å². The maximum absolute atomic E-state index is 4.27. The second-order valence-electron chi connectivity index (χ2n) is 2.37. The molecule has 0 aliphatic carbocycles. The average molecular weight is 324 g/mol. The Morgan fingerprint density at radius 1 is 1.50 bits per heavy atom. The van der Waals surface area contributed by atoms with Gasteiger partial charge in [0.25, 0.3) is 0 Å². The van der Waals surface area contributed by atoms with Gasteiger partial charge in [-0.25, -0.2) is 0 Å².